The molecular formula is C26H38N2O9. The maximum atomic E-state index is 13.2. The molecule has 1 heterocycles. The zero-order valence-electron chi connectivity index (χ0n) is 21.2. The van der Waals surface area contributed by atoms with Crippen LogP contribution in [0.1, 0.15) is 51.4 Å². The predicted octanol–water partition coefficient (Wildman–Crippen LogP) is 1.82. The highest BCUT2D eigenvalue weighted by molar-refractivity contribution is 6.03. The number of hydrogen-bond acceptors (Lipinski definition) is 10. The zero-order chi connectivity index (χ0) is 26.4. The molecule has 1 aliphatic rings. The monoisotopic (exact) mass is 522 g/mol. The molecule has 3 atom stereocenters. The molecule has 5 N–H and O–H groups in total. The molecule has 0 saturated heterocycles. The van der Waals surface area contributed by atoms with E-state index in [1.165, 1.54) is 33.4 Å². The van der Waals surface area contributed by atoms with E-state index in [4.69, 9.17) is 9.47 Å². The van der Waals surface area contributed by atoms with Crippen molar-refractivity contribution in [2.45, 2.75) is 39.0 Å². The first-order valence-electron chi connectivity index (χ1n) is 11.8. The third-order valence-electron chi connectivity index (χ3n) is 6.67. The van der Waals surface area contributed by atoms with Gasteiger partial charge in [-0.2, -0.15) is 4.98 Å². The molecule has 0 fully saturated rings. The molecule has 0 saturated carbocycles. The van der Waals surface area contributed by atoms with Gasteiger partial charge in [0.1, 0.15) is 17.3 Å². The number of aromatic nitrogens is 2. The Morgan fingerprint density at radius 1 is 1.16 bits per heavy atom. The average Bonchev–Trinajstić information content (AvgIpc) is 2.84. The molecule has 2 aromatic rings. The Bertz CT molecular complexity index is 1150. The molecule has 0 bridgehead atoms. The first-order valence-corrected chi connectivity index (χ1v) is 11.8. The largest absolute Gasteiger partial charge is 0.507 e. The normalized spacial score (nSPS) is 16.2. The van der Waals surface area contributed by atoms with Gasteiger partial charge < -0.3 is 30.3 Å². The summed E-state index contributed by atoms with van der Waals surface area (Å²) in [6, 6.07) is 3.25. The molecule has 0 amide bonds. The van der Waals surface area contributed by atoms with Crippen molar-refractivity contribution in [2.75, 3.05) is 27.4 Å². The fourth-order valence-corrected chi connectivity index (χ4v) is 5.06. The van der Waals surface area contributed by atoms with Crippen molar-refractivity contribution < 1.29 is 47.5 Å². The zero-order valence-corrected chi connectivity index (χ0v) is 21.2. The summed E-state index contributed by atoms with van der Waals surface area (Å²) in [5, 5.41) is 30.0. The third kappa shape index (κ3) is 6.68. The molecule has 0 spiro atoms. The number of carbonyl (C=O) groups excluding carboxylic acids is 3. The Labute approximate surface area is 217 Å². The van der Waals surface area contributed by atoms with Crippen LogP contribution in [0.2, 0.25) is 0 Å². The number of aliphatic hydroxyl groups is 2. The summed E-state index contributed by atoms with van der Waals surface area (Å²) < 4.78 is 10.5. The number of Topliss-reactive ketones (excluding diaryl/α,β-unsaturated/α-hetero) is 3. The average molecular weight is 523 g/mol. The van der Waals surface area contributed by atoms with Crippen molar-refractivity contribution in [1.29, 1.82) is 0 Å². The van der Waals surface area contributed by atoms with Crippen LogP contribution in [0.3, 0.4) is 0 Å². The van der Waals surface area contributed by atoms with Crippen molar-refractivity contribution in [3.05, 3.63) is 29.5 Å². The number of nitrogens with zero attached hydrogens (tertiary/aromatic N) is 2. The Morgan fingerprint density at radius 2 is 1.89 bits per heavy atom. The second kappa shape index (κ2) is 13.2. The van der Waals surface area contributed by atoms with Gasteiger partial charge in [-0.1, -0.05) is 6.07 Å². The van der Waals surface area contributed by atoms with E-state index >= 15 is 0 Å². The Balaban J connectivity index is 0.00000481. The first kappa shape index (κ1) is 29.8. The van der Waals surface area contributed by atoms with Crippen LogP contribution in [0.25, 0.3) is 11.1 Å². The van der Waals surface area contributed by atoms with Crippen LogP contribution in [0.5, 0.6) is 17.6 Å². The van der Waals surface area contributed by atoms with Crippen molar-refractivity contribution in [3.63, 3.8) is 0 Å². The van der Waals surface area contributed by atoms with Gasteiger partial charge in [-0.15, -0.1) is 0 Å². The number of ether oxygens (including phenoxy) is 2. The minimum Gasteiger partial charge on any atom is -0.507 e. The van der Waals surface area contributed by atoms with E-state index in [-0.39, 0.29) is 80.7 Å². The molecule has 3 unspecified atom stereocenters. The van der Waals surface area contributed by atoms with E-state index in [2.05, 4.69) is 9.97 Å². The predicted molar refractivity (Wildman–Crippen MR) is 137 cm³/mol. The van der Waals surface area contributed by atoms with Crippen LogP contribution in [0.4, 0.5) is 0 Å². The molecular weight excluding hydrogens is 484 g/mol. The highest BCUT2D eigenvalue weighted by Crippen LogP contribution is 2.42. The number of carbonyl (C=O) groups is 3. The molecule has 11 heteroatoms. The second-order valence-corrected chi connectivity index (χ2v) is 9.11. The van der Waals surface area contributed by atoms with Crippen LogP contribution in [0, 0.1) is 17.8 Å². The number of aliphatic hydroxyl groups excluding tert-OH is 2. The number of aromatic hydroxyl groups is 1. The third-order valence-corrected chi connectivity index (χ3v) is 6.67. The van der Waals surface area contributed by atoms with Gasteiger partial charge in [0.25, 0.3) is 0 Å². The van der Waals surface area contributed by atoms with Gasteiger partial charge in [0.15, 0.2) is 5.78 Å². The molecule has 1 aliphatic carbocycles. The van der Waals surface area contributed by atoms with Crippen LogP contribution >= 0.6 is 0 Å². The number of benzene rings is 1. The van der Waals surface area contributed by atoms with Crippen LogP contribution in [-0.2, 0) is 16.0 Å². The summed E-state index contributed by atoms with van der Waals surface area (Å²) in [5.41, 5.74) is 2.00. The summed E-state index contributed by atoms with van der Waals surface area (Å²) in [6.45, 7) is 0.675. The number of phenolic OH excluding ortho intramolecular Hbond substituents is 1. The maximum Gasteiger partial charge on any atom is 0.319 e. The molecule has 1 aromatic heterocycles. The fraction of sp³-hybridized carbons (Fsp3) is 0.500. The van der Waals surface area contributed by atoms with Gasteiger partial charge in [0.2, 0.25) is 5.88 Å². The van der Waals surface area contributed by atoms with Crippen molar-refractivity contribution >= 4 is 17.3 Å². The van der Waals surface area contributed by atoms with Gasteiger partial charge in [-0.25, -0.2) is 4.98 Å². The topological polar surface area (TPSA) is 188 Å². The SMILES string of the molecule is COc1ncc(-c2ccc(O)c3c2CC(CC(CCO)C(CO)C(=O)CC(C)=O)CC3=O)c(OC)n1.O.[HH].[HH]. The molecule has 1 aromatic carbocycles. The number of methoxy groups -OCH3 is 2. The van der Waals surface area contributed by atoms with E-state index in [9.17, 15) is 29.7 Å². The minimum atomic E-state index is -0.809. The molecule has 3 rings (SSSR count). The van der Waals surface area contributed by atoms with Crippen LogP contribution < -0.4 is 9.47 Å². The standard InChI is InChI=1S/C26H32N2O8.H2O.2H2/c1-14(31)8-22(33)20(13-30)16(6-7-29)9-15-10-18-17(4-5-21(32)24(18)23(34)11-15)19-12-27-26(36-3)28-25(19)35-2;;;/h4-5,12,15-16,20,29-30,32H,6-11,13H2,1-3H3;1H2;2*1H. The van der Waals surface area contributed by atoms with Gasteiger partial charge >= 0.3 is 6.01 Å². The molecule has 206 valence electrons. The van der Waals surface area contributed by atoms with E-state index < -0.39 is 18.4 Å². The molecule has 11 nitrogen and oxygen atoms in total. The van der Waals surface area contributed by atoms with Crippen LogP contribution in [0.15, 0.2) is 18.3 Å². The lowest BCUT2D eigenvalue weighted by Crippen LogP contribution is -2.32. The lowest BCUT2D eigenvalue weighted by atomic mass is 9.72. The van der Waals surface area contributed by atoms with Gasteiger partial charge in [0, 0.05) is 28.0 Å². The van der Waals surface area contributed by atoms with E-state index in [0.717, 1.165) is 0 Å². The summed E-state index contributed by atoms with van der Waals surface area (Å²) in [7, 11) is 2.89. The van der Waals surface area contributed by atoms with Crippen molar-refractivity contribution in [1.82, 2.24) is 9.97 Å². The molecule has 0 radical (unpaired) electrons. The quantitative estimate of drug-likeness (QED) is 0.347. The second-order valence-electron chi connectivity index (χ2n) is 9.11. The van der Waals surface area contributed by atoms with Crippen LogP contribution in [-0.4, -0.2) is 75.5 Å². The van der Waals surface area contributed by atoms with Gasteiger partial charge in [-0.05, 0) is 55.2 Å². The summed E-state index contributed by atoms with van der Waals surface area (Å²) in [6.07, 6.45) is 2.42. The minimum absolute atomic E-state index is 0. The van der Waals surface area contributed by atoms with E-state index in [0.29, 0.717) is 29.5 Å². The van der Waals surface area contributed by atoms with Crippen molar-refractivity contribution in [2.24, 2.45) is 17.8 Å². The van der Waals surface area contributed by atoms with Crippen molar-refractivity contribution in [3.8, 4) is 28.8 Å². The molecule has 0 aliphatic heterocycles. The Hall–Kier alpha value is -3.41. The number of ketones is 3. The smallest absolute Gasteiger partial charge is 0.319 e. The highest BCUT2D eigenvalue weighted by atomic mass is 16.5. The maximum absolute atomic E-state index is 13.2. The Kier molecular flexibility index (Phi) is 10.7. The lowest BCUT2D eigenvalue weighted by Gasteiger charge is -2.31. The number of rotatable bonds is 12. The van der Waals surface area contributed by atoms with Gasteiger partial charge in [-0.3, -0.25) is 14.4 Å². The first-order chi connectivity index (χ1) is 17.2. The number of hydrogen-bond donors (Lipinski definition) is 3. The Morgan fingerprint density at radius 3 is 2.49 bits per heavy atom. The fourth-order valence-electron chi connectivity index (χ4n) is 5.06. The van der Waals surface area contributed by atoms with Gasteiger partial charge in [0.05, 0.1) is 38.4 Å². The van der Waals surface area contributed by atoms with E-state index in [1.807, 2.05) is 0 Å². The number of phenols is 1. The summed E-state index contributed by atoms with van der Waals surface area (Å²) in [5.74, 6) is -2.22. The lowest BCUT2D eigenvalue weighted by molar-refractivity contribution is -0.131. The summed E-state index contributed by atoms with van der Waals surface area (Å²) in [4.78, 5) is 45.6. The van der Waals surface area contributed by atoms with E-state index in [1.54, 1.807) is 6.07 Å². The highest BCUT2D eigenvalue weighted by Gasteiger charge is 2.35. The molecule has 37 heavy (non-hydrogen) atoms. The number of fused-ring (bicyclic) bond motifs is 1. The summed E-state index contributed by atoms with van der Waals surface area (Å²) >= 11 is 0.